The summed E-state index contributed by atoms with van der Waals surface area (Å²) in [6.07, 6.45) is 9.74. The Morgan fingerprint density at radius 1 is 1.24 bits per heavy atom. The molecule has 0 spiro atoms. The van der Waals surface area contributed by atoms with Crippen LogP contribution in [0, 0.1) is 5.92 Å². The van der Waals surface area contributed by atoms with Crippen LogP contribution in [-0.4, -0.2) is 13.7 Å². The summed E-state index contributed by atoms with van der Waals surface area (Å²) in [6.45, 7) is 3.21. The molecule has 0 saturated heterocycles. The Balaban J connectivity index is 2.08. The third-order valence-corrected chi connectivity index (χ3v) is 5.19. The lowest BCUT2D eigenvalue weighted by Crippen LogP contribution is -2.23. The molecule has 0 aliphatic heterocycles. The van der Waals surface area contributed by atoms with Crippen LogP contribution in [0.15, 0.2) is 22.7 Å². The number of benzene rings is 1. The first-order chi connectivity index (χ1) is 10.2. The van der Waals surface area contributed by atoms with Crippen molar-refractivity contribution in [1.82, 2.24) is 5.32 Å². The fourth-order valence-corrected chi connectivity index (χ4v) is 3.97. The summed E-state index contributed by atoms with van der Waals surface area (Å²) in [4.78, 5) is 0. The highest BCUT2D eigenvalue weighted by molar-refractivity contribution is 9.10. The van der Waals surface area contributed by atoms with E-state index in [0.29, 0.717) is 6.04 Å². The van der Waals surface area contributed by atoms with Crippen LogP contribution in [-0.2, 0) is 0 Å². The van der Waals surface area contributed by atoms with Gasteiger partial charge in [-0.1, -0.05) is 51.5 Å². The molecule has 1 saturated carbocycles. The maximum Gasteiger partial charge on any atom is 0.133 e. The highest BCUT2D eigenvalue weighted by Gasteiger charge is 2.19. The van der Waals surface area contributed by atoms with Crippen LogP contribution in [0.2, 0.25) is 0 Å². The SMILES string of the molecule is CCNC(CC1CCCCCC1)c1ccc(OC)c(Br)c1. The molecule has 1 fully saturated rings. The molecule has 0 aromatic heterocycles. The molecule has 21 heavy (non-hydrogen) atoms. The average molecular weight is 354 g/mol. The quantitative estimate of drug-likeness (QED) is 0.684. The summed E-state index contributed by atoms with van der Waals surface area (Å²) < 4.78 is 6.39. The van der Waals surface area contributed by atoms with Gasteiger partial charge in [-0.05, 0) is 52.5 Å². The predicted octanol–water partition coefficient (Wildman–Crippen LogP) is 5.47. The Kier molecular flexibility index (Phi) is 7.05. The van der Waals surface area contributed by atoms with E-state index in [1.807, 2.05) is 0 Å². The Bertz CT molecular complexity index is 427. The Morgan fingerprint density at radius 2 is 1.95 bits per heavy atom. The van der Waals surface area contributed by atoms with E-state index >= 15 is 0 Å². The van der Waals surface area contributed by atoms with Crippen molar-refractivity contribution in [2.24, 2.45) is 5.92 Å². The molecular formula is C18H28BrNO. The lowest BCUT2D eigenvalue weighted by Gasteiger charge is -2.24. The second-order valence-corrected chi connectivity index (χ2v) is 6.95. The molecule has 1 aromatic rings. The molecule has 1 atom stereocenters. The van der Waals surface area contributed by atoms with Crippen molar-refractivity contribution >= 4 is 15.9 Å². The normalized spacial score (nSPS) is 18.2. The molecule has 1 aliphatic carbocycles. The summed E-state index contributed by atoms with van der Waals surface area (Å²) in [6, 6.07) is 6.94. The van der Waals surface area contributed by atoms with Crippen molar-refractivity contribution in [2.75, 3.05) is 13.7 Å². The third kappa shape index (κ3) is 5.00. The van der Waals surface area contributed by atoms with Gasteiger partial charge in [-0.25, -0.2) is 0 Å². The van der Waals surface area contributed by atoms with Crippen LogP contribution in [0.1, 0.15) is 63.5 Å². The standard InChI is InChI=1S/C18H28BrNO/c1-3-20-17(12-14-8-6-4-5-7-9-14)15-10-11-18(21-2)16(19)13-15/h10-11,13-14,17,20H,3-9,12H2,1-2H3. The van der Waals surface area contributed by atoms with Gasteiger partial charge in [-0.3, -0.25) is 0 Å². The number of nitrogens with one attached hydrogen (secondary N) is 1. The Labute approximate surface area is 137 Å². The smallest absolute Gasteiger partial charge is 0.133 e. The van der Waals surface area contributed by atoms with Crippen LogP contribution in [0.5, 0.6) is 5.75 Å². The molecule has 0 bridgehead atoms. The molecule has 1 aliphatic rings. The number of hydrogen-bond acceptors (Lipinski definition) is 2. The van der Waals surface area contributed by atoms with Gasteiger partial charge in [0, 0.05) is 6.04 Å². The van der Waals surface area contributed by atoms with Gasteiger partial charge in [-0.15, -0.1) is 0 Å². The Morgan fingerprint density at radius 3 is 2.52 bits per heavy atom. The van der Waals surface area contributed by atoms with E-state index in [1.165, 1.54) is 50.5 Å². The minimum Gasteiger partial charge on any atom is -0.496 e. The zero-order valence-corrected chi connectivity index (χ0v) is 14.9. The van der Waals surface area contributed by atoms with Crippen LogP contribution < -0.4 is 10.1 Å². The van der Waals surface area contributed by atoms with Crippen molar-refractivity contribution in [3.05, 3.63) is 28.2 Å². The van der Waals surface area contributed by atoms with E-state index in [9.17, 15) is 0 Å². The fraction of sp³-hybridized carbons (Fsp3) is 0.667. The van der Waals surface area contributed by atoms with Gasteiger partial charge in [0.15, 0.2) is 0 Å². The maximum atomic E-state index is 5.34. The summed E-state index contributed by atoms with van der Waals surface area (Å²) in [5.74, 6) is 1.78. The van der Waals surface area contributed by atoms with Gasteiger partial charge >= 0.3 is 0 Å². The van der Waals surface area contributed by atoms with E-state index in [4.69, 9.17) is 4.74 Å². The molecule has 0 heterocycles. The van der Waals surface area contributed by atoms with Crippen LogP contribution >= 0.6 is 15.9 Å². The van der Waals surface area contributed by atoms with E-state index in [1.54, 1.807) is 7.11 Å². The predicted molar refractivity (Wildman–Crippen MR) is 92.9 cm³/mol. The molecule has 118 valence electrons. The molecule has 2 rings (SSSR count). The van der Waals surface area contributed by atoms with Crippen molar-refractivity contribution in [2.45, 2.75) is 57.9 Å². The molecule has 2 nitrogen and oxygen atoms in total. The minimum atomic E-state index is 0.459. The minimum absolute atomic E-state index is 0.459. The molecule has 0 radical (unpaired) electrons. The summed E-state index contributed by atoms with van der Waals surface area (Å²) >= 11 is 3.61. The van der Waals surface area contributed by atoms with Gasteiger partial charge in [0.1, 0.15) is 5.75 Å². The Hall–Kier alpha value is -0.540. The fourth-order valence-electron chi connectivity index (χ4n) is 3.42. The number of rotatable bonds is 6. The van der Waals surface area contributed by atoms with Crippen LogP contribution in [0.4, 0.5) is 0 Å². The third-order valence-electron chi connectivity index (χ3n) is 4.57. The van der Waals surface area contributed by atoms with E-state index in [2.05, 4.69) is 46.4 Å². The first kappa shape index (κ1) is 16.8. The number of hydrogen-bond donors (Lipinski definition) is 1. The summed E-state index contributed by atoms with van der Waals surface area (Å²) in [5, 5.41) is 3.67. The summed E-state index contributed by atoms with van der Waals surface area (Å²) in [7, 11) is 1.72. The first-order valence-corrected chi connectivity index (χ1v) is 9.10. The molecule has 1 N–H and O–H groups in total. The van der Waals surface area contributed by atoms with Crippen LogP contribution in [0.3, 0.4) is 0 Å². The maximum absolute atomic E-state index is 5.34. The van der Waals surface area contributed by atoms with Gasteiger partial charge in [0.25, 0.3) is 0 Å². The average Bonchev–Trinajstić information content (AvgIpc) is 2.75. The number of methoxy groups -OCH3 is 1. The monoisotopic (exact) mass is 353 g/mol. The lowest BCUT2D eigenvalue weighted by molar-refractivity contribution is 0.359. The summed E-state index contributed by atoms with van der Waals surface area (Å²) in [5.41, 5.74) is 1.37. The largest absolute Gasteiger partial charge is 0.496 e. The van der Waals surface area contributed by atoms with Crippen molar-refractivity contribution in [1.29, 1.82) is 0 Å². The lowest BCUT2D eigenvalue weighted by atomic mass is 9.89. The molecule has 1 unspecified atom stereocenters. The number of halogens is 1. The molecule has 3 heteroatoms. The second kappa shape index (κ2) is 8.79. The molecule has 1 aromatic carbocycles. The second-order valence-electron chi connectivity index (χ2n) is 6.10. The van der Waals surface area contributed by atoms with Gasteiger partial charge in [0.2, 0.25) is 0 Å². The van der Waals surface area contributed by atoms with Gasteiger partial charge in [-0.2, -0.15) is 0 Å². The molecular weight excluding hydrogens is 326 g/mol. The molecule has 0 amide bonds. The van der Waals surface area contributed by atoms with Crippen molar-refractivity contribution < 1.29 is 4.74 Å². The first-order valence-electron chi connectivity index (χ1n) is 8.31. The topological polar surface area (TPSA) is 21.3 Å². The zero-order valence-electron chi connectivity index (χ0n) is 13.3. The van der Waals surface area contributed by atoms with Gasteiger partial charge in [0.05, 0.1) is 11.6 Å². The van der Waals surface area contributed by atoms with E-state index in [0.717, 1.165) is 22.7 Å². The zero-order chi connectivity index (χ0) is 15.1. The van der Waals surface area contributed by atoms with Crippen molar-refractivity contribution in [3.63, 3.8) is 0 Å². The highest BCUT2D eigenvalue weighted by Crippen LogP contribution is 2.34. The van der Waals surface area contributed by atoms with Crippen LogP contribution in [0.25, 0.3) is 0 Å². The highest BCUT2D eigenvalue weighted by atomic mass is 79.9. The van der Waals surface area contributed by atoms with E-state index < -0.39 is 0 Å². The van der Waals surface area contributed by atoms with Crippen molar-refractivity contribution in [3.8, 4) is 5.75 Å². The number of ether oxygens (including phenoxy) is 1. The van der Waals surface area contributed by atoms with E-state index in [-0.39, 0.29) is 0 Å². The van der Waals surface area contributed by atoms with Gasteiger partial charge < -0.3 is 10.1 Å².